The van der Waals surface area contributed by atoms with Crippen LogP contribution in [0.2, 0.25) is 0 Å². The van der Waals surface area contributed by atoms with Crippen LogP contribution in [0.4, 0.5) is 0 Å². The van der Waals surface area contributed by atoms with Crippen LogP contribution in [0, 0.1) is 35.5 Å². The molecule has 0 bridgehead atoms. The Morgan fingerprint density at radius 3 is 1.00 bits per heavy atom. The fraction of sp³-hybridized carbons (Fsp3) is 0.600. The minimum Gasteiger partial charge on any atom is -0.0979 e. The van der Waals surface area contributed by atoms with Gasteiger partial charge in [0.15, 0.2) is 0 Å². The molecular formula is C30H42. The fourth-order valence-corrected chi connectivity index (χ4v) is 3.26. The summed E-state index contributed by atoms with van der Waals surface area (Å²) in [7, 11) is 0. The van der Waals surface area contributed by atoms with Crippen LogP contribution < -0.4 is 0 Å². The lowest BCUT2D eigenvalue weighted by Gasteiger charge is -1.98. The molecule has 0 saturated heterocycles. The highest BCUT2D eigenvalue weighted by molar-refractivity contribution is 5.51. The molecule has 0 heterocycles. The van der Waals surface area contributed by atoms with Gasteiger partial charge in [-0.15, -0.1) is 0 Å². The molecule has 1 aromatic rings. The summed E-state index contributed by atoms with van der Waals surface area (Å²) in [5, 5.41) is 0. The molecule has 162 valence electrons. The molecule has 0 saturated carbocycles. The SMILES string of the molecule is CCCCCCC#Cc1cc(C#CCCCCCC)cc(C#CCCCCCC)c1. The zero-order valence-electron chi connectivity index (χ0n) is 19.8. The molecule has 0 fully saturated rings. The Bertz CT molecular complexity index is 631. The highest BCUT2D eigenvalue weighted by Gasteiger charge is 1.97. The van der Waals surface area contributed by atoms with E-state index in [1.165, 1.54) is 77.0 Å². The second-order valence-electron chi connectivity index (χ2n) is 8.14. The third-order valence-electron chi connectivity index (χ3n) is 5.10. The van der Waals surface area contributed by atoms with Crippen molar-refractivity contribution in [1.29, 1.82) is 0 Å². The van der Waals surface area contributed by atoms with E-state index in [4.69, 9.17) is 0 Å². The lowest BCUT2D eigenvalue weighted by atomic mass is 10.0. The minimum absolute atomic E-state index is 0.978. The highest BCUT2D eigenvalue weighted by Crippen LogP contribution is 2.10. The summed E-state index contributed by atoms with van der Waals surface area (Å²) in [4.78, 5) is 0. The summed E-state index contributed by atoms with van der Waals surface area (Å²) in [5.41, 5.74) is 3.16. The number of unbranched alkanes of at least 4 members (excludes halogenated alkanes) is 12. The summed E-state index contributed by atoms with van der Waals surface area (Å²) in [6, 6.07) is 6.39. The lowest BCUT2D eigenvalue weighted by molar-refractivity contribution is 0.679. The van der Waals surface area contributed by atoms with Gasteiger partial charge in [-0.25, -0.2) is 0 Å². The van der Waals surface area contributed by atoms with Crippen molar-refractivity contribution < 1.29 is 0 Å². The van der Waals surface area contributed by atoms with Crippen molar-refractivity contribution in [3.63, 3.8) is 0 Å². The number of rotatable bonds is 12. The van der Waals surface area contributed by atoms with Crippen molar-refractivity contribution in [3.05, 3.63) is 34.9 Å². The van der Waals surface area contributed by atoms with Crippen LogP contribution in [0.5, 0.6) is 0 Å². The quantitative estimate of drug-likeness (QED) is 0.242. The molecule has 1 aromatic carbocycles. The van der Waals surface area contributed by atoms with E-state index in [1.807, 2.05) is 0 Å². The van der Waals surface area contributed by atoms with Gasteiger partial charge in [0.2, 0.25) is 0 Å². The molecule has 0 N–H and O–H groups in total. The summed E-state index contributed by atoms with van der Waals surface area (Å²) < 4.78 is 0. The molecule has 0 spiro atoms. The number of hydrogen-bond acceptors (Lipinski definition) is 0. The van der Waals surface area contributed by atoms with Gasteiger partial charge in [-0.2, -0.15) is 0 Å². The smallest absolute Gasteiger partial charge is 0.0270 e. The van der Waals surface area contributed by atoms with Crippen LogP contribution in [0.25, 0.3) is 0 Å². The van der Waals surface area contributed by atoms with Gasteiger partial charge in [0.1, 0.15) is 0 Å². The molecule has 1 rings (SSSR count). The van der Waals surface area contributed by atoms with Gasteiger partial charge in [-0.3, -0.25) is 0 Å². The molecule has 0 atom stereocenters. The van der Waals surface area contributed by atoms with E-state index in [2.05, 4.69) is 74.5 Å². The second kappa shape index (κ2) is 18.9. The Balaban J connectivity index is 2.78. The third-order valence-corrected chi connectivity index (χ3v) is 5.10. The molecular weight excluding hydrogens is 360 g/mol. The average Bonchev–Trinajstić information content (AvgIpc) is 2.75. The van der Waals surface area contributed by atoms with E-state index in [-0.39, 0.29) is 0 Å². The lowest BCUT2D eigenvalue weighted by Crippen LogP contribution is -1.85. The van der Waals surface area contributed by atoms with Crippen molar-refractivity contribution in [1.82, 2.24) is 0 Å². The van der Waals surface area contributed by atoms with Crippen molar-refractivity contribution in [2.24, 2.45) is 0 Å². The maximum atomic E-state index is 3.35. The maximum Gasteiger partial charge on any atom is 0.0270 e. The maximum absolute atomic E-state index is 3.35. The van der Waals surface area contributed by atoms with Crippen LogP contribution >= 0.6 is 0 Å². The van der Waals surface area contributed by atoms with Gasteiger partial charge < -0.3 is 0 Å². The van der Waals surface area contributed by atoms with Crippen molar-refractivity contribution >= 4 is 0 Å². The number of hydrogen-bond donors (Lipinski definition) is 0. The van der Waals surface area contributed by atoms with E-state index in [9.17, 15) is 0 Å². The Hall–Kier alpha value is -2.10. The predicted octanol–water partition coefficient (Wildman–Crippen LogP) is 8.65. The highest BCUT2D eigenvalue weighted by atomic mass is 14.0. The Morgan fingerprint density at radius 1 is 0.433 bits per heavy atom. The molecule has 0 radical (unpaired) electrons. The first-order valence-corrected chi connectivity index (χ1v) is 12.4. The first kappa shape index (κ1) is 25.9. The first-order valence-electron chi connectivity index (χ1n) is 12.4. The topological polar surface area (TPSA) is 0 Å². The Morgan fingerprint density at radius 2 is 0.733 bits per heavy atom. The summed E-state index contributed by atoms with van der Waals surface area (Å²) in [6.07, 6.45) is 18.1. The normalized spacial score (nSPS) is 9.70. The average molecular weight is 403 g/mol. The predicted molar refractivity (Wildman–Crippen MR) is 133 cm³/mol. The van der Waals surface area contributed by atoms with Gasteiger partial charge in [-0.05, 0) is 37.5 Å². The third kappa shape index (κ3) is 14.0. The molecule has 30 heavy (non-hydrogen) atoms. The largest absolute Gasteiger partial charge is 0.0979 e. The van der Waals surface area contributed by atoms with Crippen molar-refractivity contribution in [3.8, 4) is 35.5 Å². The van der Waals surface area contributed by atoms with Gasteiger partial charge in [0.25, 0.3) is 0 Å². The van der Waals surface area contributed by atoms with Gasteiger partial charge in [-0.1, -0.05) is 114 Å². The van der Waals surface area contributed by atoms with E-state index in [1.54, 1.807) is 0 Å². The molecule has 0 heteroatoms. The van der Waals surface area contributed by atoms with Crippen LogP contribution in [0.3, 0.4) is 0 Å². The van der Waals surface area contributed by atoms with E-state index in [0.29, 0.717) is 0 Å². The van der Waals surface area contributed by atoms with Gasteiger partial charge in [0.05, 0.1) is 0 Å². The van der Waals surface area contributed by atoms with Crippen LogP contribution in [-0.2, 0) is 0 Å². The van der Waals surface area contributed by atoms with E-state index >= 15 is 0 Å². The summed E-state index contributed by atoms with van der Waals surface area (Å²) in [5.74, 6) is 20.1. The molecule has 0 aliphatic heterocycles. The second-order valence-corrected chi connectivity index (χ2v) is 8.14. The minimum atomic E-state index is 0.978. The first-order chi connectivity index (χ1) is 14.8. The molecule has 0 aliphatic rings. The zero-order chi connectivity index (χ0) is 21.7. The summed E-state index contributed by atoms with van der Waals surface area (Å²) >= 11 is 0. The van der Waals surface area contributed by atoms with Crippen LogP contribution in [0.1, 0.15) is 134 Å². The van der Waals surface area contributed by atoms with Gasteiger partial charge >= 0.3 is 0 Å². The molecule has 0 aliphatic carbocycles. The zero-order valence-corrected chi connectivity index (χ0v) is 19.8. The van der Waals surface area contributed by atoms with Crippen molar-refractivity contribution in [2.45, 2.75) is 117 Å². The number of benzene rings is 1. The fourth-order valence-electron chi connectivity index (χ4n) is 3.26. The molecule has 0 amide bonds. The van der Waals surface area contributed by atoms with Crippen molar-refractivity contribution in [2.75, 3.05) is 0 Å². The van der Waals surface area contributed by atoms with E-state index in [0.717, 1.165) is 36.0 Å². The monoisotopic (exact) mass is 402 g/mol. The Labute approximate surface area is 187 Å². The summed E-state index contributed by atoms with van der Waals surface area (Å²) in [6.45, 7) is 6.73. The van der Waals surface area contributed by atoms with Crippen LogP contribution in [0.15, 0.2) is 18.2 Å². The molecule has 0 nitrogen and oxygen atoms in total. The van der Waals surface area contributed by atoms with Gasteiger partial charge in [0, 0.05) is 36.0 Å². The molecule has 0 unspecified atom stereocenters. The Kier molecular flexibility index (Phi) is 16.3. The molecule has 0 aromatic heterocycles. The van der Waals surface area contributed by atoms with Crippen LogP contribution in [-0.4, -0.2) is 0 Å². The van der Waals surface area contributed by atoms with E-state index < -0.39 is 0 Å². The standard InChI is InChI=1S/C30H42/c1-4-7-10-13-16-19-22-28-25-29(23-20-17-14-11-8-5-2)27-30(26-28)24-21-18-15-12-9-6-3/h25-27H,4-18H2,1-3H3.